The minimum Gasteiger partial charge on any atom is -0.507 e. The van der Waals surface area contributed by atoms with Crippen LogP contribution in [0.25, 0.3) is 10.8 Å². The fraction of sp³-hybridized carbons (Fsp3) is 0.0588. The van der Waals surface area contributed by atoms with Gasteiger partial charge in [-0.3, -0.25) is 0 Å². The third kappa shape index (κ3) is 2.56. The highest BCUT2D eigenvalue weighted by molar-refractivity contribution is 7.99. The van der Waals surface area contributed by atoms with Crippen molar-refractivity contribution in [2.45, 2.75) is 16.8 Å². The highest BCUT2D eigenvalue weighted by Gasteiger charge is 2.10. The maximum Gasteiger partial charge on any atom is 0.123 e. The second kappa shape index (κ2) is 5.47. The van der Waals surface area contributed by atoms with Gasteiger partial charge in [-0.05, 0) is 36.6 Å². The molecule has 0 amide bonds. The Labute approximate surface area is 126 Å². The molecule has 3 nitrogen and oxygen atoms in total. The average molecular weight is 292 g/mol. The highest BCUT2D eigenvalue weighted by Crippen LogP contribution is 2.37. The summed E-state index contributed by atoms with van der Waals surface area (Å²) < 4.78 is 0. The molecule has 1 heterocycles. The maximum atomic E-state index is 9.93. The number of hydrogen-bond acceptors (Lipinski definition) is 4. The fourth-order valence-electron chi connectivity index (χ4n) is 2.14. The van der Waals surface area contributed by atoms with Gasteiger partial charge in [-0.15, -0.1) is 0 Å². The van der Waals surface area contributed by atoms with Crippen molar-refractivity contribution < 1.29 is 5.11 Å². The van der Waals surface area contributed by atoms with Gasteiger partial charge < -0.3 is 5.11 Å². The molecular formula is C17H12N2OS. The molecule has 0 aliphatic carbocycles. The molecule has 0 saturated carbocycles. The number of phenols is 1. The zero-order chi connectivity index (χ0) is 14.8. The maximum absolute atomic E-state index is 9.93. The molecule has 0 aliphatic heterocycles. The zero-order valence-electron chi connectivity index (χ0n) is 11.4. The van der Waals surface area contributed by atoms with E-state index in [4.69, 9.17) is 0 Å². The van der Waals surface area contributed by atoms with E-state index in [1.165, 1.54) is 11.8 Å². The van der Waals surface area contributed by atoms with Gasteiger partial charge in [0.05, 0.1) is 5.56 Å². The third-order valence-electron chi connectivity index (χ3n) is 3.19. The van der Waals surface area contributed by atoms with E-state index in [0.717, 1.165) is 21.4 Å². The molecule has 0 atom stereocenters. The van der Waals surface area contributed by atoms with Crippen molar-refractivity contribution in [1.82, 2.24) is 4.98 Å². The van der Waals surface area contributed by atoms with Gasteiger partial charge in [-0.1, -0.05) is 36.0 Å². The van der Waals surface area contributed by atoms with Gasteiger partial charge >= 0.3 is 0 Å². The van der Waals surface area contributed by atoms with E-state index in [1.807, 2.05) is 43.3 Å². The number of nitrogens with zero attached hydrogens (tertiary/aromatic N) is 2. The molecule has 3 rings (SSSR count). The molecule has 0 radical (unpaired) electrons. The van der Waals surface area contributed by atoms with Gasteiger partial charge in [0, 0.05) is 16.0 Å². The van der Waals surface area contributed by atoms with Crippen LogP contribution in [0.1, 0.15) is 11.3 Å². The molecule has 0 aliphatic rings. The topological polar surface area (TPSA) is 56.9 Å². The Kier molecular flexibility index (Phi) is 3.51. The summed E-state index contributed by atoms with van der Waals surface area (Å²) in [5.74, 6) is 0.257. The van der Waals surface area contributed by atoms with Crippen molar-refractivity contribution in [3.63, 3.8) is 0 Å². The quantitative estimate of drug-likeness (QED) is 0.766. The van der Waals surface area contributed by atoms with Crippen LogP contribution in [0.4, 0.5) is 0 Å². The van der Waals surface area contributed by atoms with E-state index < -0.39 is 0 Å². The molecule has 0 saturated heterocycles. The number of nitriles is 1. The van der Waals surface area contributed by atoms with Gasteiger partial charge in [-0.25, -0.2) is 4.98 Å². The molecule has 4 heteroatoms. The van der Waals surface area contributed by atoms with E-state index in [2.05, 4.69) is 11.1 Å². The van der Waals surface area contributed by atoms with Gasteiger partial charge in [0.1, 0.15) is 16.8 Å². The summed E-state index contributed by atoms with van der Waals surface area (Å²) in [7, 11) is 0. The highest BCUT2D eigenvalue weighted by atomic mass is 32.2. The van der Waals surface area contributed by atoms with E-state index >= 15 is 0 Å². The van der Waals surface area contributed by atoms with Crippen molar-refractivity contribution in [2.24, 2.45) is 0 Å². The Bertz CT molecular complexity index is 868. The van der Waals surface area contributed by atoms with Crippen LogP contribution in [0.5, 0.6) is 5.75 Å². The summed E-state index contributed by atoms with van der Waals surface area (Å²) in [5, 5.41) is 21.6. The predicted octanol–water partition coefficient (Wildman–Crippen LogP) is 4.27. The molecule has 0 spiro atoms. The Morgan fingerprint density at radius 3 is 2.57 bits per heavy atom. The number of phenolic OH excluding ortho intramolecular Hbond substituents is 1. The van der Waals surface area contributed by atoms with E-state index in [9.17, 15) is 10.4 Å². The third-order valence-corrected chi connectivity index (χ3v) is 4.27. The van der Waals surface area contributed by atoms with Crippen LogP contribution in [0.15, 0.2) is 58.5 Å². The average Bonchev–Trinajstić information content (AvgIpc) is 2.51. The van der Waals surface area contributed by atoms with Crippen molar-refractivity contribution in [3.8, 4) is 11.8 Å². The first-order valence-corrected chi connectivity index (χ1v) is 7.27. The SMILES string of the molecule is Cc1ccc(C#N)c(Sc2ccc(O)c3ccccc23)n1. The Balaban J connectivity index is 2.13. The predicted molar refractivity (Wildman–Crippen MR) is 83.4 cm³/mol. The summed E-state index contributed by atoms with van der Waals surface area (Å²) >= 11 is 1.45. The Hall–Kier alpha value is -2.51. The van der Waals surface area contributed by atoms with Crippen LogP contribution in [-0.2, 0) is 0 Å². The van der Waals surface area contributed by atoms with Crippen LogP contribution in [0, 0.1) is 18.3 Å². The number of rotatable bonds is 2. The second-order valence-electron chi connectivity index (χ2n) is 4.65. The molecule has 102 valence electrons. The number of aromatic hydroxyl groups is 1. The minimum atomic E-state index is 0.257. The van der Waals surface area contributed by atoms with Crippen LogP contribution < -0.4 is 0 Å². The van der Waals surface area contributed by atoms with Gasteiger partial charge in [-0.2, -0.15) is 5.26 Å². The van der Waals surface area contributed by atoms with Crippen LogP contribution in [0.3, 0.4) is 0 Å². The molecule has 0 fully saturated rings. The van der Waals surface area contributed by atoms with Crippen molar-refractivity contribution in [3.05, 3.63) is 59.8 Å². The molecule has 0 bridgehead atoms. The first-order chi connectivity index (χ1) is 10.2. The molecular weight excluding hydrogens is 280 g/mol. The van der Waals surface area contributed by atoms with Gasteiger partial charge in [0.2, 0.25) is 0 Å². The Morgan fingerprint density at radius 2 is 1.81 bits per heavy atom. The van der Waals surface area contributed by atoms with E-state index in [-0.39, 0.29) is 5.75 Å². The van der Waals surface area contributed by atoms with Gasteiger partial charge in [0.15, 0.2) is 0 Å². The van der Waals surface area contributed by atoms with Gasteiger partial charge in [0.25, 0.3) is 0 Å². The lowest BCUT2D eigenvalue weighted by Gasteiger charge is -2.08. The monoisotopic (exact) mass is 292 g/mol. The van der Waals surface area contributed by atoms with Crippen molar-refractivity contribution >= 4 is 22.5 Å². The Morgan fingerprint density at radius 1 is 1.05 bits per heavy atom. The number of aryl methyl sites for hydroxylation is 1. The summed E-state index contributed by atoms with van der Waals surface area (Å²) in [4.78, 5) is 5.42. The largest absolute Gasteiger partial charge is 0.507 e. The first kappa shape index (κ1) is 13.5. The standard InChI is InChI=1S/C17H12N2OS/c1-11-6-7-12(10-18)17(19-11)21-16-9-8-15(20)13-4-2-3-5-14(13)16/h2-9,20H,1H3. The lowest BCUT2D eigenvalue weighted by Crippen LogP contribution is -1.90. The molecule has 3 aromatic rings. The molecule has 21 heavy (non-hydrogen) atoms. The number of hydrogen-bond donors (Lipinski definition) is 1. The lowest BCUT2D eigenvalue weighted by atomic mass is 10.1. The molecule has 1 N–H and O–H groups in total. The van der Waals surface area contributed by atoms with Crippen LogP contribution in [0.2, 0.25) is 0 Å². The summed E-state index contributed by atoms with van der Waals surface area (Å²) in [6, 6.07) is 17.0. The minimum absolute atomic E-state index is 0.257. The van der Waals surface area contributed by atoms with Crippen LogP contribution >= 0.6 is 11.8 Å². The van der Waals surface area contributed by atoms with Crippen molar-refractivity contribution in [1.29, 1.82) is 5.26 Å². The number of aromatic nitrogens is 1. The second-order valence-corrected chi connectivity index (χ2v) is 5.68. The van der Waals surface area contributed by atoms with Crippen LogP contribution in [-0.4, -0.2) is 10.1 Å². The summed E-state index contributed by atoms with van der Waals surface area (Å²) in [6.45, 7) is 1.90. The lowest BCUT2D eigenvalue weighted by molar-refractivity contribution is 0.481. The first-order valence-electron chi connectivity index (χ1n) is 6.45. The van der Waals surface area contributed by atoms with E-state index in [1.54, 1.807) is 12.1 Å². The number of pyridine rings is 1. The molecule has 0 unspecified atom stereocenters. The summed E-state index contributed by atoms with van der Waals surface area (Å²) in [5.41, 5.74) is 1.43. The smallest absolute Gasteiger partial charge is 0.123 e. The summed E-state index contributed by atoms with van der Waals surface area (Å²) in [6.07, 6.45) is 0. The normalized spacial score (nSPS) is 10.5. The molecule has 1 aromatic heterocycles. The number of fused-ring (bicyclic) bond motifs is 1. The fourth-order valence-corrected chi connectivity index (χ4v) is 3.19. The van der Waals surface area contributed by atoms with E-state index in [0.29, 0.717) is 10.6 Å². The number of benzene rings is 2. The van der Waals surface area contributed by atoms with Crippen molar-refractivity contribution in [2.75, 3.05) is 0 Å². The molecule has 2 aromatic carbocycles. The zero-order valence-corrected chi connectivity index (χ0v) is 12.2.